The maximum Gasteiger partial charge on any atom is 0.249 e. The smallest absolute Gasteiger partial charge is 0.249 e. The summed E-state index contributed by atoms with van der Waals surface area (Å²) in [5, 5.41) is 43.2. The fourth-order valence-corrected chi connectivity index (χ4v) is 5.03. The number of carbonyl (C=O) groups is 1. The molecule has 6 heteroatoms. The van der Waals surface area contributed by atoms with E-state index < -0.39 is 36.9 Å². The Kier molecular flexibility index (Phi) is 29.4. The van der Waals surface area contributed by atoms with Crippen LogP contribution in [0.1, 0.15) is 162 Å². The van der Waals surface area contributed by atoms with E-state index in [0.29, 0.717) is 12.8 Å². The molecule has 6 nitrogen and oxygen atoms in total. The number of hydrogen-bond acceptors (Lipinski definition) is 5. The van der Waals surface area contributed by atoms with E-state index in [1.807, 2.05) is 0 Å². The van der Waals surface area contributed by atoms with Crippen LogP contribution >= 0.6 is 0 Å². The molecule has 0 rings (SSSR count). The second-order valence-electron chi connectivity index (χ2n) is 11.8. The first kappa shape index (κ1) is 39.8. The van der Waals surface area contributed by atoms with Crippen LogP contribution in [0.3, 0.4) is 0 Å². The quantitative estimate of drug-likeness (QED) is 0.0442. The van der Waals surface area contributed by atoms with E-state index in [2.05, 4.69) is 43.5 Å². The van der Waals surface area contributed by atoms with Crippen molar-refractivity contribution in [2.24, 2.45) is 0 Å². The highest BCUT2D eigenvalue weighted by Gasteiger charge is 2.28. The van der Waals surface area contributed by atoms with Gasteiger partial charge in [-0.25, -0.2) is 0 Å². The van der Waals surface area contributed by atoms with E-state index in [4.69, 9.17) is 0 Å². The van der Waals surface area contributed by atoms with Crippen molar-refractivity contribution < 1.29 is 25.2 Å². The van der Waals surface area contributed by atoms with Crippen molar-refractivity contribution in [1.82, 2.24) is 5.32 Å². The highest BCUT2D eigenvalue weighted by Crippen LogP contribution is 2.13. The van der Waals surface area contributed by atoms with Gasteiger partial charge in [0.25, 0.3) is 0 Å². The number of nitrogens with one attached hydrogen (secondary N) is 1. The number of aliphatic hydroxyl groups excluding tert-OH is 4. The standard InChI is InChI=1S/C35H67NO5/c1-3-5-7-9-11-13-15-16-17-18-19-21-22-24-26-28-32(38)34(40)31(30-37)36-35(41)33(39)29-27-25-23-20-14-12-10-8-6-4-2/h10,12,21-22,31-34,37-40H,3-9,11,13-20,23-30H2,1-2H3,(H,36,41)/b12-10-,22-21+. The average Bonchev–Trinajstić information content (AvgIpc) is 2.98. The zero-order valence-corrected chi connectivity index (χ0v) is 26.8. The third kappa shape index (κ3) is 25.0. The predicted octanol–water partition coefficient (Wildman–Crippen LogP) is 7.67. The second-order valence-corrected chi connectivity index (χ2v) is 11.8. The molecule has 242 valence electrons. The molecule has 0 spiro atoms. The van der Waals surface area contributed by atoms with Gasteiger partial charge >= 0.3 is 0 Å². The zero-order chi connectivity index (χ0) is 30.4. The summed E-state index contributed by atoms with van der Waals surface area (Å²) in [6.07, 6.45) is 30.6. The van der Waals surface area contributed by atoms with Crippen LogP contribution in [0, 0.1) is 0 Å². The first-order valence-electron chi connectivity index (χ1n) is 17.2. The van der Waals surface area contributed by atoms with Crippen LogP contribution in [0.25, 0.3) is 0 Å². The summed E-state index contributed by atoms with van der Waals surface area (Å²) in [7, 11) is 0. The van der Waals surface area contributed by atoms with Gasteiger partial charge in [-0.1, -0.05) is 128 Å². The van der Waals surface area contributed by atoms with Crippen molar-refractivity contribution in [1.29, 1.82) is 0 Å². The Morgan fingerprint density at radius 2 is 1.02 bits per heavy atom. The molecule has 0 saturated carbocycles. The lowest BCUT2D eigenvalue weighted by Gasteiger charge is -2.27. The van der Waals surface area contributed by atoms with Crippen LogP contribution in [0.15, 0.2) is 24.3 Å². The van der Waals surface area contributed by atoms with Crippen molar-refractivity contribution in [2.45, 2.75) is 186 Å². The Hall–Kier alpha value is -1.21. The molecule has 0 aromatic heterocycles. The van der Waals surface area contributed by atoms with E-state index >= 15 is 0 Å². The minimum absolute atomic E-state index is 0.348. The largest absolute Gasteiger partial charge is 0.394 e. The van der Waals surface area contributed by atoms with Crippen molar-refractivity contribution in [3.63, 3.8) is 0 Å². The van der Waals surface area contributed by atoms with E-state index in [-0.39, 0.29) is 0 Å². The molecular formula is C35H67NO5. The van der Waals surface area contributed by atoms with Crippen LogP contribution in [0.5, 0.6) is 0 Å². The Balaban J connectivity index is 3.91. The van der Waals surface area contributed by atoms with Gasteiger partial charge in [0.2, 0.25) is 5.91 Å². The van der Waals surface area contributed by atoms with Crippen molar-refractivity contribution in [3.8, 4) is 0 Å². The van der Waals surface area contributed by atoms with Gasteiger partial charge in [0.05, 0.1) is 18.8 Å². The first-order valence-corrected chi connectivity index (χ1v) is 17.2. The van der Waals surface area contributed by atoms with Crippen LogP contribution in [-0.4, -0.2) is 57.3 Å². The number of hydrogen-bond donors (Lipinski definition) is 5. The van der Waals surface area contributed by atoms with Gasteiger partial charge in [-0.05, 0) is 57.8 Å². The molecule has 0 radical (unpaired) electrons. The fraction of sp³-hybridized carbons (Fsp3) is 0.857. The van der Waals surface area contributed by atoms with Crippen molar-refractivity contribution in [2.75, 3.05) is 6.61 Å². The molecule has 0 aliphatic heterocycles. The molecule has 0 aromatic carbocycles. The zero-order valence-electron chi connectivity index (χ0n) is 26.8. The molecule has 5 N–H and O–H groups in total. The minimum atomic E-state index is -1.28. The van der Waals surface area contributed by atoms with Gasteiger partial charge in [-0.3, -0.25) is 4.79 Å². The number of carbonyl (C=O) groups excluding carboxylic acids is 1. The fourth-order valence-electron chi connectivity index (χ4n) is 5.03. The van der Waals surface area contributed by atoms with Crippen molar-refractivity contribution >= 4 is 5.91 Å². The SMILES string of the molecule is CCCC/C=C\CCCCCCC(O)C(=O)NC(CO)C(O)C(O)CCC/C=C/CCCCCCCCCCCC. The molecule has 0 aliphatic carbocycles. The molecule has 0 saturated heterocycles. The highest BCUT2D eigenvalue weighted by molar-refractivity contribution is 5.80. The Bertz CT molecular complexity index is 624. The normalized spacial score (nSPS) is 15.0. The molecule has 0 heterocycles. The van der Waals surface area contributed by atoms with E-state index in [1.165, 1.54) is 77.0 Å². The number of unbranched alkanes of at least 4 members (excludes halogenated alkanes) is 17. The number of allylic oxidation sites excluding steroid dienone is 4. The summed E-state index contributed by atoms with van der Waals surface area (Å²) < 4.78 is 0. The van der Waals surface area contributed by atoms with Gasteiger partial charge in [-0.2, -0.15) is 0 Å². The molecule has 0 aromatic rings. The average molecular weight is 582 g/mol. The molecule has 1 amide bonds. The Labute approximate surface area is 253 Å². The molecule has 0 bridgehead atoms. The first-order chi connectivity index (χ1) is 20.0. The minimum Gasteiger partial charge on any atom is -0.394 e. The lowest BCUT2D eigenvalue weighted by Crippen LogP contribution is -2.53. The summed E-state index contributed by atoms with van der Waals surface area (Å²) in [5.74, 6) is -0.607. The number of aliphatic hydroxyl groups is 4. The van der Waals surface area contributed by atoms with Crippen LogP contribution < -0.4 is 5.32 Å². The lowest BCUT2D eigenvalue weighted by atomic mass is 10.00. The third-order valence-electron chi connectivity index (χ3n) is 7.88. The monoisotopic (exact) mass is 582 g/mol. The summed E-state index contributed by atoms with van der Waals surface area (Å²) >= 11 is 0. The lowest BCUT2D eigenvalue weighted by molar-refractivity contribution is -0.132. The highest BCUT2D eigenvalue weighted by atomic mass is 16.3. The van der Waals surface area contributed by atoms with Gasteiger partial charge in [0.1, 0.15) is 12.2 Å². The van der Waals surface area contributed by atoms with Crippen LogP contribution in [0.2, 0.25) is 0 Å². The van der Waals surface area contributed by atoms with Crippen LogP contribution in [-0.2, 0) is 4.79 Å². The van der Waals surface area contributed by atoms with E-state index in [0.717, 1.165) is 57.8 Å². The topological polar surface area (TPSA) is 110 Å². The summed E-state index contributed by atoms with van der Waals surface area (Å²) in [4.78, 5) is 12.4. The van der Waals surface area contributed by atoms with Crippen molar-refractivity contribution in [3.05, 3.63) is 24.3 Å². The maximum atomic E-state index is 12.4. The van der Waals surface area contributed by atoms with Gasteiger partial charge in [0.15, 0.2) is 0 Å². The van der Waals surface area contributed by atoms with Gasteiger partial charge in [-0.15, -0.1) is 0 Å². The molecular weight excluding hydrogens is 514 g/mol. The molecule has 4 unspecified atom stereocenters. The predicted molar refractivity (Wildman–Crippen MR) is 173 cm³/mol. The number of rotatable bonds is 30. The molecule has 4 atom stereocenters. The maximum absolute atomic E-state index is 12.4. The second kappa shape index (κ2) is 30.3. The summed E-state index contributed by atoms with van der Waals surface area (Å²) in [5.41, 5.74) is 0. The number of amides is 1. The molecule has 41 heavy (non-hydrogen) atoms. The molecule has 0 aliphatic rings. The summed E-state index contributed by atoms with van der Waals surface area (Å²) in [6.45, 7) is 3.95. The van der Waals surface area contributed by atoms with E-state index in [1.54, 1.807) is 0 Å². The van der Waals surface area contributed by atoms with E-state index in [9.17, 15) is 25.2 Å². The van der Waals surface area contributed by atoms with Gasteiger partial charge < -0.3 is 25.7 Å². The van der Waals surface area contributed by atoms with Gasteiger partial charge in [0, 0.05) is 0 Å². The Morgan fingerprint density at radius 1 is 0.585 bits per heavy atom. The Morgan fingerprint density at radius 3 is 1.54 bits per heavy atom. The summed E-state index contributed by atoms with van der Waals surface area (Å²) in [6, 6.07) is -1.00. The van der Waals surface area contributed by atoms with Crippen LogP contribution in [0.4, 0.5) is 0 Å². The third-order valence-corrected chi connectivity index (χ3v) is 7.88. The molecule has 0 fully saturated rings.